The van der Waals surface area contributed by atoms with Gasteiger partial charge in [-0.05, 0) is 42.4 Å². The van der Waals surface area contributed by atoms with Crippen LogP contribution in [0.1, 0.15) is 45.6 Å². The van der Waals surface area contributed by atoms with Gasteiger partial charge in [0.1, 0.15) is 0 Å². The van der Waals surface area contributed by atoms with Gasteiger partial charge in [-0.2, -0.15) is 0 Å². The summed E-state index contributed by atoms with van der Waals surface area (Å²) in [7, 11) is -3.40. The van der Waals surface area contributed by atoms with Crippen molar-refractivity contribution in [3.05, 3.63) is 29.8 Å². The summed E-state index contributed by atoms with van der Waals surface area (Å²) in [4.78, 5) is 0.325. The number of hydrogen-bond acceptors (Lipinski definition) is 3. The molecule has 0 radical (unpaired) electrons. The lowest BCUT2D eigenvalue weighted by Gasteiger charge is -2.20. The molecule has 1 saturated carbocycles. The number of aliphatic hydroxyl groups excluding tert-OH is 1. The second-order valence-electron chi connectivity index (χ2n) is 6.36. The molecule has 106 valence electrons. The van der Waals surface area contributed by atoms with Crippen molar-refractivity contribution in [3.8, 4) is 0 Å². The van der Waals surface area contributed by atoms with Gasteiger partial charge in [0, 0.05) is 0 Å². The standard InChI is InChI=1S/C15H22O3S/c1-15(2,3)11-7-9-12(10-8-11)19(17,18)14-6-4-5-13(14)16/h7-10,13-14,16H,4-6H2,1-3H3. The van der Waals surface area contributed by atoms with Gasteiger partial charge in [0.2, 0.25) is 0 Å². The predicted octanol–water partition coefficient (Wildman–Crippen LogP) is 2.67. The Bertz CT molecular complexity index is 538. The quantitative estimate of drug-likeness (QED) is 0.907. The van der Waals surface area contributed by atoms with Gasteiger partial charge in [-0.1, -0.05) is 32.9 Å². The Morgan fingerprint density at radius 2 is 1.68 bits per heavy atom. The van der Waals surface area contributed by atoms with Crippen LogP contribution in [0, 0.1) is 0 Å². The van der Waals surface area contributed by atoms with E-state index < -0.39 is 21.2 Å². The monoisotopic (exact) mass is 282 g/mol. The van der Waals surface area contributed by atoms with Crippen molar-refractivity contribution < 1.29 is 13.5 Å². The van der Waals surface area contributed by atoms with Crippen molar-refractivity contribution in [1.29, 1.82) is 0 Å². The van der Waals surface area contributed by atoms with Gasteiger partial charge in [0.25, 0.3) is 0 Å². The fourth-order valence-electron chi connectivity index (χ4n) is 2.59. The van der Waals surface area contributed by atoms with E-state index in [1.165, 1.54) is 0 Å². The molecule has 0 aliphatic heterocycles. The van der Waals surface area contributed by atoms with Crippen LogP contribution >= 0.6 is 0 Å². The Balaban J connectivity index is 2.32. The van der Waals surface area contributed by atoms with E-state index in [0.29, 0.717) is 17.7 Å². The van der Waals surface area contributed by atoms with Crippen molar-refractivity contribution in [2.75, 3.05) is 0 Å². The first-order valence-corrected chi connectivity index (χ1v) is 8.30. The second-order valence-corrected chi connectivity index (χ2v) is 8.52. The lowest BCUT2D eigenvalue weighted by molar-refractivity contribution is 0.185. The molecule has 1 fully saturated rings. The molecule has 2 atom stereocenters. The molecule has 3 nitrogen and oxygen atoms in total. The van der Waals surface area contributed by atoms with Gasteiger partial charge in [-0.25, -0.2) is 8.42 Å². The number of sulfone groups is 1. The van der Waals surface area contributed by atoms with Crippen LogP contribution < -0.4 is 0 Å². The highest BCUT2D eigenvalue weighted by molar-refractivity contribution is 7.92. The predicted molar refractivity (Wildman–Crippen MR) is 76.0 cm³/mol. The average molecular weight is 282 g/mol. The van der Waals surface area contributed by atoms with Crippen LogP contribution in [0.2, 0.25) is 0 Å². The fraction of sp³-hybridized carbons (Fsp3) is 0.600. The van der Waals surface area contributed by atoms with Crippen molar-refractivity contribution in [2.45, 2.75) is 61.7 Å². The zero-order valence-electron chi connectivity index (χ0n) is 11.8. The summed E-state index contributed by atoms with van der Waals surface area (Å²) in [5.41, 5.74) is 1.12. The first kappa shape index (κ1) is 14.5. The normalized spacial score (nSPS) is 24.6. The second kappa shape index (κ2) is 4.91. The molecule has 2 rings (SSSR count). The molecule has 1 aromatic carbocycles. The van der Waals surface area contributed by atoms with Crippen LogP contribution in [0.5, 0.6) is 0 Å². The van der Waals surface area contributed by atoms with E-state index in [1.54, 1.807) is 12.1 Å². The van der Waals surface area contributed by atoms with Crippen molar-refractivity contribution >= 4 is 9.84 Å². The lowest BCUT2D eigenvalue weighted by Crippen LogP contribution is -2.29. The van der Waals surface area contributed by atoms with Crippen LogP contribution in [-0.2, 0) is 15.3 Å². The SMILES string of the molecule is CC(C)(C)c1ccc(S(=O)(=O)C2CCCC2O)cc1. The van der Waals surface area contributed by atoms with Crippen LogP contribution in [0.4, 0.5) is 0 Å². The highest BCUT2D eigenvalue weighted by Crippen LogP contribution is 2.31. The highest BCUT2D eigenvalue weighted by atomic mass is 32.2. The molecule has 0 amide bonds. The zero-order chi connectivity index (χ0) is 14.3. The van der Waals surface area contributed by atoms with Crippen LogP contribution in [-0.4, -0.2) is 24.9 Å². The molecule has 0 bridgehead atoms. The molecule has 1 N–H and O–H groups in total. The molecule has 0 saturated heterocycles. The number of hydrogen-bond donors (Lipinski definition) is 1. The van der Waals surface area contributed by atoms with Crippen LogP contribution in [0.15, 0.2) is 29.2 Å². The third-order valence-electron chi connectivity index (χ3n) is 3.87. The highest BCUT2D eigenvalue weighted by Gasteiger charge is 2.37. The lowest BCUT2D eigenvalue weighted by atomic mass is 9.87. The average Bonchev–Trinajstić information content (AvgIpc) is 2.75. The van der Waals surface area contributed by atoms with Crippen molar-refractivity contribution in [2.24, 2.45) is 0 Å². The number of benzene rings is 1. The number of rotatable bonds is 2. The topological polar surface area (TPSA) is 54.4 Å². The van der Waals surface area contributed by atoms with E-state index in [4.69, 9.17) is 0 Å². The molecule has 0 heterocycles. The molecular weight excluding hydrogens is 260 g/mol. The molecule has 4 heteroatoms. The van der Waals surface area contributed by atoms with E-state index in [1.807, 2.05) is 12.1 Å². The Hall–Kier alpha value is -0.870. The third-order valence-corrected chi connectivity index (χ3v) is 6.14. The summed E-state index contributed by atoms with van der Waals surface area (Å²) in [6.45, 7) is 6.28. The Morgan fingerprint density at radius 3 is 2.11 bits per heavy atom. The Labute approximate surface area is 115 Å². The maximum Gasteiger partial charge on any atom is 0.183 e. The first-order chi connectivity index (χ1) is 8.73. The molecular formula is C15H22O3S. The minimum atomic E-state index is -3.40. The van der Waals surface area contributed by atoms with Gasteiger partial charge in [0.05, 0.1) is 16.2 Å². The molecule has 1 aromatic rings. The molecule has 0 spiro atoms. The van der Waals surface area contributed by atoms with Gasteiger partial charge < -0.3 is 5.11 Å². The summed E-state index contributed by atoms with van der Waals surface area (Å²) in [5, 5.41) is 9.16. The van der Waals surface area contributed by atoms with E-state index >= 15 is 0 Å². The van der Waals surface area contributed by atoms with Gasteiger partial charge >= 0.3 is 0 Å². The van der Waals surface area contributed by atoms with Crippen molar-refractivity contribution in [3.63, 3.8) is 0 Å². The summed E-state index contributed by atoms with van der Waals surface area (Å²) in [5.74, 6) is 0. The van der Waals surface area contributed by atoms with Crippen LogP contribution in [0.25, 0.3) is 0 Å². The maximum absolute atomic E-state index is 12.4. The van der Waals surface area contributed by atoms with E-state index in [2.05, 4.69) is 20.8 Å². The minimum absolute atomic E-state index is 0.00909. The number of aliphatic hydroxyl groups is 1. The minimum Gasteiger partial charge on any atom is -0.392 e. The molecule has 19 heavy (non-hydrogen) atoms. The summed E-state index contributed by atoms with van der Waals surface area (Å²) in [6.07, 6.45) is 1.21. The molecule has 1 aliphatic rings. The van der Waals surface area contributed by atoms with Crippen LogP contribution in [0.3, 0.4) is 0 Å². The fourth-order valence-corrected chi connectivity index (χ4v) is 4.48. The van der Waals surface area contributed by atoms with E-state index in [9.17, 15) is 13.5 Å². The Kier molecular flexibility index (Phi) is 3.76. The summed E-state index contributed by atoms with van der Waals surface area (Å²) < 4.78 is 24.9. The van der Waals surface area contributed by atoms with Gasteiger partial charge in [-0.15, -0.1) is 0 Å². The molecule has 1 aliphatic carbocycles. The summed E-state index contributed by atoms with van der Waals surface area (Å²) in [6, 6.07) is 7.07. The molecule has 0 aromatic heterocycles. The summed E-state index contributed by atoms with van der Waals surface area (Å²) >= 11 is 0. The Morgan fingerprint density at radius 1 is 1.11 bits per heavy atom. The zero-order valence-corrected chi connectivity index (χ0v) is 12.6. The first-order valence-electron chi connectivity index (χ1n) is 6.75. The maximum atomic E-state index is 12.4. The van der Waals surface area contributed by atoms with Gasteiger partial charge in [0.15, 0.2) is 9.84 Å². The van der Waals surface area contributed by atoms with E-state index in [-0.39, 0.29) is 5.41 Å². The third kappa shape index (κ3) is 2.84. The largest absolute Gasteiger partial charge is 0.392 e. The smallest absolute Gasteiger partial charge is 0.183 e. The van der Waals surface area contributed by atoms with E-state index in [0.717, 1.165) is 12.0 Å². The van der Waals surface area contributed by atoms with Gasteiger partial charge in [-0.3, -0.25) is 0 Å². The molecule has 2 unspecified atom stereocenters. The van der Waals surface area contributed by atoms with Crippen molar-refractivity contribution in [1.82, 2.24) is 0 Å².